The molecule has 11 nitrogen and oxygen atoms in total. The molecular weight excluding hydrogens is 484 g/mol. The van der Waals surface area contributed by atoms with E-state index in [1.165, 1.54) is 4.31 Å². The van der Waals surface area contributed by atoms with E-state index in [0.29, 0.717) is 68.6 Å². The normalized spacial score (nSPS) is 19.3. The topological polar surface area (TPSA) is 122 Å². The number of carbonyl (C=O) groups is 1. The summed E-state index contributed by atoms with van der Waals surface area (Å²) in [5.41, 5.74) is 1.52. The van der Waals surface area contributed by atoms with Crippen LogP contribution in [0.15, 0.2) is 29.3 Å². The third-order valence-corrected chi connectivity index (χ3v) is 8.32. The Kier molecular flexibility index (Phi) is 8.18. The second kappa shape index (κ2) is 11.2. The van der Waals surface area contributed by atoms with Gasteiger partial charge < -0.3 is 14.7 Å². The summed E-state index contributed by atoms with van der Waals surface area (Å²) in [6.45, 7) is 7.49. The number of hydrogen-bond donors (Lipinski definition) is 1. The number of fused-ring (bicyclic) bond motifs is 1. The first-order valence-electron chi connectivity index (χ1n) is 12.5. The molecule has 2 aromatic rings. The van der Waals surface area contributed by atoms with Gasteiger partial charge in [0.15, 0.2) is 11.9 Å². The van der Waals surface area contributed by atoms with Gasteiger partial charge in [0.05, 0.1) is 23.8 Å². The third kappa shape index (κ3) is 5.22. The molecule has 36 heavy (non-hydrogen) atoms. The molecule has 1 aromatic heterocycles. The zero-order valence-corrected chi connectivity index (χ0v) is 21.9. The van der Waals surface area contributed by atoms with E-state index in [0.717, 1.165) is 12.8 Å². The fourth-order valence-corrected chi connectivity index (χ4v) is 6.11. The number of β-amino-alcohol motifs (C(OH)–C–C–N with tert-alkyl or cyclic N) is 1. The lowest BCUT2D eigenvalue weighted by Gasteiger charge is -2.36. The van der Waals surface area contributed by atoms with Gasteiger partial charge in [-0.2, -0.15) is 9.40 Å². The van der Waals surface area contributed by atoms with E-state index in [1.54, 1.807) is 36.1 Å². The fourth-order valence-electron chi connectivity index (χ4n) is 4.65. The summed E-state index contributed by atoms with van der Waals surface area (Å²) in [5, 5.41) is 17.9. The summed E-state index contributed by atoms with van der Waals surface area (Å²) in [5.74, 6) is 0.0798. The van der Waals surface area contributed by atoms with Crippen molar-refractivity contribution in [2.75, 3.05) is 57.4 Å². The Morgan fingerprint density at radius 1 is 1.11 bits per heavy atom. The molecule has 1 radical (unpaired) electrons. The van der Waals surface area contributed by atoms with Crippen molar-refractivity contribution in [2.45, 2.75) is 37.8 Å². The number of piperazine rings is 1. The van der Waals surface area contributed by atoms with Gasteiger partial charge in [-0.3, -0.25) is 14.4 Å². The van der Waals surface area contributed by atoms with Crippen molar-refractivity contribution >= 4 is 21.6 Å². The zero-order chi connectivity index (χ0) is 25.9. The van der Waals surface area contributed by atoms with E-state index in [2.05, 4.69) is 10.4 Å². The SMILES string of the molecule is CCCOc1ccc(S(=O)(=O)N2CCN(CCO)CC2)cc1C1[N]C(=O)c2nn(C)cc2N1CCC. The van der Waals surface area contributed by atoms with Crippen molar-refractivity contribution in [3.05, 3.63) is 35.7 Å². The number of sulfonamides is 1. The number of anilines is 1. The van der Waals surface area contributed by atoms with E-state index in [9.17, 15) is 18.3 Å². The predicted molar refractivity (Wildman–Crippen MR) is 135 cm³/mol. The molecule has 0 saturated carbocycles. The summed E-state index contributed by atoms with van der Waals surface area (Å²) in [6, 6.07) is 4.84. The second-order valence-electron chi connectivity index (χ2n) is 9.06. The molecule has 1 saturated heterocycles. The Balaban J connectivity index is 1.72. The minimum atomic E-state index is -3.77. The maximum Gasteiger partial charge on any atom is 0.297 e. The van der Waals surface area contributed by atoms with Gasteiger partial charge in [-0.1, -0.05) is 13.8 Å². The molecule has 1 unspecified atom stereocenters. The summed E-state index contributed by atoms with van der Waals surface area (Å²) in [7, 11) is -2.01. The van der Waals surface area contributed by atoms with Crippen LogP contribution in [-0.4, -0.2) is 90.9 Å². The minimum Gasteiger partial charge on any atom is -0.493 e. The molecule has 1 aromatic carbocycles. The summed E-state index contributed by atoms with van der Waals surface area (Å²) in [6.07, 6.45) is 2.65. The predicted octanol–water partition coefficient (Wildman–Crippen LogP) is 1.18. The average molecular weight is 520 g/mol. The highest BCUT2D eigenvalue weighted by molar-refractivity contribution is 7.89. The molecular formula is C24H35N6O5S. The Morgan fingerprint density at radius 2 is 1.86 bits per heavy atom. The van der Waals surface area contributed by atoms with Gasteiger partial charge >= 0.3 is 0 Å². The van der Waals surface area contributed by atoms with Gasteiger partial charge in [0.25, 0.3) is 5.91 Å². The van der Waals surface area contributed by atoms with Crippen molar-refractivity contribution in [3.63, 3.8) is 0 Å². The first kappa shape index (κ1) is 26.4. The number of rotatable bonds is 10. The molecule has 1 amide bonds. The number of hydrogen-bond acceptors (Lipinski definition) is 8. The van der Waals surface area contributed by atoms with Crippen LogP contribution in [0.5, 0.6) is 5.75 Å². The highest BCUT2D eigenvalue weighted by Crippen LogP contribution is 2.38. The maximum absolute atomic E-state index is 13.6. The molecule has 1 atom stereocenters. The van der Waals surface area contributed by atoms with Crippen molar-refractivity contribution in [2.24, 2.45) is 7.05 Å². The number of aryl methyl sites for hydroxylation is 1. The first-order valence-corrected chi connectivity index (χ1v) is 13.9. The number of amides is 1. The quantitative estimate of drug-likeness (QED) is 0.497. The molecule has 3 heterocycles. The molecule has 197 valence electrons. The lowest BCUT2D eigenvalue weighted by molar-refractivity contribution is 0.0914. The Morgan fingerprint density at radius 3 is 2.53 bits per heavy atom. The van der Waals surface area contributed by atoms with Crippen LogP contribution in [0.1, 0.15) is 48.9 Å². The standard InChI is InChI=1S/C24H35N6O5S/c1-4-8-30-20-17-27(3)26-22(20)24(32)25-23(30)19-16-18(6-7-21(19)35-15-5-2)36(33,34)29-11-9-28(10-12-29)13-14-31/h6-7,16-17,23,31H,4-5,8-15H2,1-3H3. The number of nitrogens with zero attached hydrogens (tertiary/aromatic N) is 6. The van der Waals surface area contributed by atoms with E-state index >= 15 is 0 Å². The molecule has 2 aliphatic heterocycles. The largest absolute Gasteiger partial charge is 0.493 e. The number of aliphatic hydroxyl groups excluding tert-OH is 1. The van der Waals surface area contributed by atoms with Crippen LogP contribution in [0, 0.1) is 0 Å². The Bertz CT molecular complexity index is 1180. The monoisotopic (exact) mass is 519 g/mol. The number of benzene rings is 1. The highest BCUT2D eigenvalue weighted by atomic mass is 32.2. The van der Waals surface area contributed by atoms with Gasteiger partial charge in [0, 0.05) is 58.1 Å². The van der Waals surface area contributed by atoms with Gasteiger partial charge in [-0.25, -0.2) is 13.7 Å². The van der Waals surface area contributed by atoms with E-state index in [1.807, 2.05) is 23.6 Å². The Labute approximate surface area is 212 Å². The second-order valence-corrected chi connectivity index (χ2v) is 11.0. The van der Waals surface area contributed by atoms with Crippen molar-refractivity contribution in [1.29, 1.82) is 0 Å². The first-order chi connectivity index (χ1) is 17.3. The summed E-state index contributed by atoms with van der Waals surface area (Å²) in [4.78, 5) is 17.1. The smallest absolute Gasteiger partial charge is 0.297 e. The van der Waals surface area contributed by atoms with Crippen molar-refractivity contribution in [3.8, 4) is 5.75 Å². The zero-order valence-electron chi connectivity index (χ0n) is 21.1. The molecule has 1 fully saturated rings. The molecule has 0 aliphatic carbocycles. The average Bonchev–Trinajstić information content (AvgIpc) is 3.27. The maximum atomic E-state index is 13.6. The van der Waals surface area contributed by atoms with E-state index in [-0.39, 0.29) is 11.5 Å². The number of aliphatic hydroxyl groups is 1. The molecule has 12 heteroatoms. The fraction of sp³-hybridized carbons (Fsp3) is 0.583. The number of ether oxygens (including phenoxy) is 1. The van der Waals surface area contributed by atoms with Crippen molar-refractivity contribution < 1.29 is 23.1 Å². The lowest BCUT2D eigenvalue weighted by Crippen LogP contribution is -2.49. The van der Waals surface area contributed by atoms with Gasteiger partial charge in [-0.05, 0) is 31.0 Å². The number of aromatic nitrogens is 2. The van der Waals surface area contributed by atoms with Crippen LogP contribution in [0.2, 0.25) is 0 Å². The molecule has 2 aliphatic rings. The molecule has 0 spiro atoms. The summed E-state index contributed by atoms with van der Waals surface area (Å²) < 4.78 is 36.2. The van der Waals surface area contributed by atoms with Gasteiger partial charge in [-0.15, -0.1) is 0 Å². The Hall–Kier alpha value is -2.67. The molecule has 1 N–H and O–H groups in total. The van der Waals surface area contributed by atoms with Gasteiger partial charge in [0.1, 0.15) is 5.75 Å². The molecule has 4 rings (SSSR count). The van der Waals surface area contributed by atoms with Crippen LogP contribution < -0.4 is 15.0 Å². The van der Waals surface area contributed by atoms with Crippen LogP contribution in [0.25, 0.3) is 0 Å². The summed E-state index contributed by atoms with van der Waals surface area (Å²) >= 11 is 0. The van der Waals surface area contributed by atoms with Crippen LogP contribution in [-0.2, 0) is 17.1 Å². The van der Waals surface area contributed by atoms with E-state index in [4.69, 9.17) is 4.74 Å². The highest BCUT2D eigenvalue weighted by Gasteiger charge is 2.38. The van der Waals surface area contributed by atoms with E-state index < -0.39 is 22.1 Å². The van der Waals surface area contributed by atoms with Crippen LogP contribution in [0.4, 0.5) is 5.69 Å². The van der Waals surface area contributed by atoms with Crippen molar-refractivity contribution in [1.82, 2.24) is 24.3 Å². The van der Waals surface area contributed by atoms with Crippen LogP contribution in [0.3, 0.4) is 0 Å². The molecule has 0 bridgehead atoms. The van der Waals surface area contributed by atoms with Gasteiger partial charge in [0.2, 0.25) is 10.0 Å². The lowest BCUT2D eigenvalue weighted by atomic mass is 10.1. The number of carbonyl (C=O) groups excluding carboxylic acids is 1. The third-order valence-electron chi connectivity index (χ3n) is 6.43. The minimum absolute atomic E-state index is 0.0475. The van der Waals surface area contributed by atoms with Crippen LogP contribution >= 0.6 is 0 Å².